The lowest BCUT2D eigenvalue weighted by atomic mass is 10.2. The maximum atomic E-state index is 12.5. The van der Waals surface area contributed by atoms with Crippen LogP contribution in [0.15, 0.2) is 36.5 Å². The van der Waals surface area contributed by atoms with Gasteiger partial charge in [-0.25, -0.2) is 4.68 Å². The SMILES string of the molecule is NCCCC(=O)NCc1ccc(-n2ccc(C(F)(F)F)n2)cc1. The molecule has 2 rings (SSSR count). The second-order valence-corrected chi connectivity index (χ2v) is 4.98. The highest BCUT2D eigenvalue weighted by atomic mass is 19.4. The first-order valence-electron chi connectivity index (χ1n) is 7.09. The number of carbonyl (C=O) groups is 1. The first kappa shape index (κ1) is 17.0. The quantitative estimate of drug-likeness (QED) is 0.855. The molecule has 2 aromatic rings. The first-order chi connectivity index (χ1) is 10.9. The predicted molar refractivity (Wildman–Crippen MR) is 78.7 cm³/mol. The van der Waals surface area contributed by atoms with Gasteiger partial charge in [-0.05, 0) is 36.7 Å². The fourth-order valence-corrected chi connectivity index (χ4v) is 1.94. The molecule has 0 bridgehead atoms. The Kier molecular flexibility index (Phi) is 5.38. The second kappa shape index (κ2) is 7.28. The highest BCUT2D eigenvalue weighted by Crippen LogP contribution is 2.27. The number of nitrogens with zero attached hydrogens (tertiary/aromatic N) is 2. The summed E-state index contributed by atoms with van der Waals surface area (Å²) >= 11 is 0. The molecule has 0 saturated heterocycles. The molecule has 3 N–H and O–H groups in total. The number of nitrogens with one attached hydrogen (secondary N) is 1. The van der Waals surface area contributed by atoms with Crippen LogP contribution in [0.25, 0.3) is 5.69 Å². The Bertz CT molecular complexity index is 649. The highest BCUT2D eigenvalue weighted by Gasteiger charge is 2.33. The third-order valence-electron chi connectivity index (χ3n) is 3.18. The molecule has 23 heavy (non-hydrogen) atoms. The summed E-state index contributed by atoms with van der Waals surface area (Å²) in [4.78, 5) is 11.5. The summed E-state index contributed by atoms with van der Waals surface area (Å²) in [6, 6.07) is 7.68. The molecule has 8 heteroatoms. The Hall–Kier alpha value is -2.35. The number of benzene rings is 1. The van der Waals surface area contributed by atoms with E-state index < -0.39 is 11.9 Å². The van der Waals surface area contributed by atoms with Crippen molar-refractivity contribution < 1.29 is 18.0 Å². The number of carbonyl (C=O) groups excluding carboxylic acids is 1. The van der Waals surface area contributed by atoms with Crippen molar-refractivity contribution in [2.75, 3.05) is 6.54 Å². The molecule has 0 aliphatic rings. The average Bonchev–Trinajstić information content (AvgIpc) is 3.01. The molecule has 0 aliphatic heterocycles. The summed E-state index contributed by atoms with van der Waals surface area (Å²) in [7, 11) is 0. The Morgan fingerprint density at radius 3 is 2.48 bits per heavy atom. The van der Waals surface area contributed by atoms with Crippen LogP contribution in [0, 0.1) is 0 Å². The molecule has 0 unspecified atom stereocenters. The van der Waals surface area contributed by atoms with E-state index in [0.29, 0.717) is 31.6 Å². The van der Waals surface area contributed by atoms with Crippen molar-refractivity contribution >= 4 is 5.91 Å². The van der Waals surface area contributed by atoms with Crippen LogP contribution in [-0.2, 0) is 17.5 Å². The number of alkyl halides is 3. The zero-order valence-corrected chi connectivity index (χ0v) is 12.3. The second-order valence-electron chi connectivity index (χ2n) is 4.98. The Balaban J connectivity index is 1.97. The van der Waals surface area contributed by atoms with E-state index in [2.05, 4.69) is 10.4 Å². The average molecular weight is 326 g/mol. The van der Waals surface area contributed by atoms with Crippen LogP contribution in [0.5, 0.6) is 0 Å². The Morgan fingerprint density at radius 2 is 1.91 bits per heavy atom. The van der Waals surface area contributed by atoms with Gasteiger partial charge >= 0.3 is 6.18 Å². The minimum absolute atomic E-state index is 0.0820. The molecule has 1 amide bonds. The van der Waals surface area contributed by atoms with Gasteiger partial charge in [0.25, 0.3) is 0 Å². The van der Waals surface area contributed by atoms with E-state index >= 15 is 0 Å². The monoisotopic (exact) mass is 326 g/mol. The van der Waals surface area contributed by atoms with Gasteiger partial charge in [0.2, 0.25) is 5.91 Å². The van der Waals surface area contributed by atoms with E-state index in [1.54, 1.807) is 24.3 Å². The smallest absolute Gasteiger partial charge is 0.352 e. The van der Waals surface area contributed by atoms with E-state index in [9.17, 15) is 18.0 Å². The van der Waals surface area contributed by atoms with Gasteiger partial charge in [0.1, 0.15) is 0 Å². The Labute approximate surface area is 131 Å². The van der Waals surface area contributed by atoms with E-state index in [4.69, 9.17) is 5.73 Å². The summed E-state index contributed by atoms with van der Waals surface area (Å²) < 4.78 is 38.7. The molecule has 1 heterocycles. The molecule has 0 spiro atoms. The third-order valence-corrected chi connectivity index (χ3v) is 3.18. The van der Waals surface area contributed by atoms with Crippen molar-refractivity contribution in [3.63, 3.8) is 0 Å². The van der Waals surface area contributed by atoms with Crippen LogP contribution in [-0.4, -0.2) is 22.2 Å². The molecule has 0 aliphatic carbocycles. The van der Waals surface area contributed by atoms with Crippen LogP contribution in [0.4, 0.5) is 13.2 Å². The topological polar surface area (TPSA) is 72.9 Å². The van der Waals surface area contributed by atoms with Crippen LogP contribution in [0.2, 0.25) is 0 Å². The number of hydrogen-bond acceptors (Lipinski definition) is 3. The maximum Gasteiger partial charge on any atom is 0.435 e. The zero-order chi connectivity index (χ0) is 16.9. The third kappa shape index (κ3) is 4.82. The van der Waals surface area contributed by atoms with Crippen molar-refractivity contribution in [2.24, 2.45) is 5.73 Å². The highest BCUT2D eigenvalue weighted by molar-refractivity contribution is 5.75. The van der Waals surface area contributed by atoms with Crippen LogP contribution in [0.1, 0.15) is 24.1 Å². The van der Waals surface area contributed by atoms with E-state index in [0.717, 1.165) is 16.3 Å². The fraction of sp³-hybridized carbons (Fsp3) is 0.333. The summed E-state index contributed by atoms with van der Waals surface area (Å²) in [6.07, 6.45) is -2.20. The molecule has 1 aromatic heterocycles. The number of halogens is 3. The maximum absolute atomic E-state index is 12.5. The predicted octanol–water partition coefficient (Wildman–Crippen LogP) is 2.25. The fourth-order valence-electron chi connectivity index (χ4n) is 1.94. The van der Waals surface area contributed by atoms with Gasteiger partial charge in [-0.2, -0.15) is 18.3 Å². The number of aromatic nitrogens is 2. The number of hydrogen-bond donors (Lipinski definition) is 2. The summed E-state index contributed by atoms with van der Waals surface area (Å²) in [6.45, 7) is 0.822. The van der Waals surface area contributed by atoms with Crippen molar-refractivity contribution in [3.8, 4) is 5.69 Å². The molecular formula is C15H17F3N4O. The van der Waals surface area contributed by atoms with E-state index in [1.807, 2.05) is 0 Å². The molecule has 0 radical (unpaired) electrons. The first-order valence-corrected chi connectivity index (χ1v) is 7.09. The van der Waals surface area contributed by atoms with Gasteiger partial charge in [-0.15, -0.1) is 0 Å². The van der Waals surface area contributed by atoms with E-state index in [1.165, 1.54) is 6.20 Å². The molecule has 0 atom stereocenters. The molecule has 1 aromatic carbocycles. The van der Waals surface area contributed by atoms with Crippen molar-refractivity contribution in [1.82, 2.24) is 15.1 Å². The van der Waals surface area contributed by atoms with Gasteiger partial charge in [0, 0.05) is 19.2 Å². The lowest BCUT2D eigenvalue weighted by Gasteiger charge is -2.07. The number of rotatable bonds is 6. The Morgan fingerprint density at radius 1 is 1.22 bits per heavy atom. The van der Waals surface area contributed by atoms with Gasteiger partial charge in [0.05, 0.1) is 5.69 Å². The minimum Gasteiger partial charge on any atom is -0.352 e. The van der Waals surface area contributed by atoms with E-state index in [-0.39, 0.29) is 5.91 Å². The molecule has 124 valence electrons. The van der Waals surface area contributed by atoms with Gasteiger partial charge in [0.15, 0.2) is 5.69 Å². The van der Waals surface area contributed by atoms with Crippen molar-refractivity contribution in [3.05, 3.63) is 47.8 Å². The molecular weight excluding hydrogens is 309 g/mol. The summed E-state index contributed by atoms with van der Waals surface area (Å²) in [5, 5.41) is 6.25. The molecule has 0 saturated carbocycles. The van der Waals surface area contributed by atoms with Gasteiger partial charge in [-0.1, -0.05) is 12.1 Å². The normalized spacial score (nSPS) is 11.5. The van der Waals surface area contributed by atoms with Gasteiger partial charge in [-0.3, -0.25) is 4.79 Å². The van der Waals surface area contributed by atoms with Crippen molar-refractivity contribution in [1.29, 1.82) is 0 Å². The molecule has 0 fully saturated rings. The van der Waals surface area contributed by atoms with Crippen LogP contribution >= 0.6 is 0 Å². The lowest BCUT2D eigenvalue weighted by molar-refractivity contribution is -0.141. The lowest BCUT2D eigenvalue weighted by Crippen LogP contribution is -2.23. The minimum atomic E-state index is -4.46. The number of nitrogens with two attached hydrogens (primary N) is 1. The zero-order valence-electron chi connectivity index (χ0n) is 12.3. The molecule has 5 nitrogen and oxygen atoms in total. The standard InChI is InChI=1S/C15H17F3N4O/c16-15(17,18)13-7-9-22(21-13)12-5-3-11(4-6-12)10-20-14(23)2-1-8-19/h3-7,9H,1-2,8,10,19H2,(H,20,23). The number of amides is 1. The van der Waals surface area contributed by atoms with Crippen LogP contribution in [0.3, 0.4) is 0 Å². The van der Waals surface area contributed by atoms with Crippen molar-refractivity contribution in [2.45, 2.75) is 25.6 Å². The van der Waals surface area contributed by atoms with Crippen LogP contribution < -0.4 is 11.1 Å². The largest absolute Gasteiger partial charge is 0.435 e. The summed E-state index contributed by atoms with van der Waals surface area (Å²) in [5.41, 5.74) is 5.75. The summed E-state index contributed by atoms with van der Waals surface area (Å²) in [5.74, 6) is -0.0820. The van der Waals surface area contributed by atoms with Gasteiger partial charge < -0.3 is 11.1 Å².